The number of methoxy groups -OCH3 is 1. The Balaban J connectivity index is 2.17. The monoisotopic (exact) mass is 295 g/mol. The third kappa shape index (κ3) is 3.46. The highest BCUT2D eigenvalue weighted by molar-refractivity contribution is 5.06. The van der Waals surface area contributed by atoms with Gasteiger partial charge in [0.25, 0.3) is 0 Å². The van der Waals surface area contributed by atoms with E-state index in [0.717, 1.165) is 31.6 Å². The van der Waals surface area contributed by atoms with Crippen LogP contribution in [0, 0.1) is 5.92 Å². The zero-order valence-corrected chi connectivity index (χ0v) is 14.0. The second-order valence-electron chi connectivity index (χ2n) is 6.49. The number of nitrogens with one attached hydrogen (secondary N) is 1. The van der Waals surface area contributed by atoms with Crippen molar-refractivity contribution in [2.45, 2.75) is 70.9 Å². The van der Waals surface area contributed by atoms with E-state index in [-0.39, 0.29) is 11.5 Å². The van der Waals surface area contributed by atoms with Gasteiger partial charge in [0.1, 0.15) is 5.60 Å². The normalized spacial score (nSPS) is 29.3. The van der Waals surface area contributed by atoms with Crippen molar-refractivity contribution in [3.8, 4) is 0 Å². The SMILES string of the molecule is CCNC(C)C(C)c1nc(C2(OC)CCCC(C)C2)no1. The standard InChI is InChI=1S/C16H29N3O2/c1-6-17-13(4)12(3)14-18-15(19-21-14)16(20-5)9-7-8-11(2)10-16/h11-13,17H,6-10H2,1-5H3. The van der Waals surface area contributed by atoms with Gasteiger partial charge in [-0.15, -0.1) is 0 Å². The molecule has 4 unspecified atom stereocenters. The van der Waals surface area contributed by atoms with E-state index in [9.17, 15) is 0 Å². The second kappa shape index (κ2) is 6.88. The van der Waals surface area contributed by atoms with Crippen LogP contribution in [0.5, 0.6) is 0 Å². The molecule has 0 spiro atoms. The first-order valence-corrected chi connectivity index (χ1v) is 8.15. The van der Waals surface area contributed by atoms with Gasteiger partial charge >= 0.3 is 0 Å². The van der Waals surface area contributed by atoms with Gasteiger partial charge < -0.3 is 14.6 Å². The molecule has 0 radical (unpaired) electrons. The minimum absolute atomic E-state index is 0.195. The Kier molecular flexibility index (Phi) is 5.38. The van der Waals surface area contributed by atoms with Crippen molar-refractivity contribution in [2.24, 2.45) is 5.92 Å². The quantitative estimate of drug-likeness (QED) is 0.873. The van der Waals surface area contributed by atoms with Gasteiger partial charge in [0.2, 0.25) is 11.7 Å². The van der Waals surface area contributed by atoms with E-state index in [1.807, 2.05) is 0 Å². The van der Waals surface area contributed by atoms with Crippen LogP contribution in [0.25, 0.3) is 0 Å². The maximum Gasteiger partial charge on any atom is 0.231 e. The van der Waals surface area contributed by atoms with Crippen LogP contribution in [0.15, 0.2) is 4.52 Å². The summed E-state index contributed by atoms with van der Waals surface area (Å²) in [6, 6.07) is 0.312. The van der Waals surface area contributed by atoms with Crippen LogP contribution in [0.4, 0.5) is 0 Å². The van der Waals surface area contributed by atoms with E-state index in [1.165, 1.54) is 6.42 Å². The molecule has 1 aromatic rings. The van der Waals surface area contributed by atoms with Gasteiger partial charge in [0.05, 0.1) is 5.92 Å². The average Bonchev–Trinajstić information content (AvgIpc) is 2.97. The van der Waals surface area contributed by atoms with E-state index in [0.29, 0.717) is 17.9 Å². The molecule has 1 fully saturated rings. The fourth-order valence-electron chi connectivity index (χ4n) is 3.30. The summed E-state index contributed by atoms with van der Waals surface area (Å²) in [6.07, 6.45) is 4.36. The Labute approximate surface area is 127 Å². The summed E-state index contributed by atoms with van der Waals surface area (Å²) in [5.74, 6) is 2.26. The molecule has 21 heavy (non-hydrogen) atoms. The summed E-state index contributed by atoms with van der Waals surface area (Å²) in [7, 11) is 1.76. The van der Waals surface area contributed by atoms with Crippen LogP contribution in [0.1, 0.15) is 71.0 Å². The fourth-order valence-corrected chi connectivity index (χ4v) is 3.30. The van der Waals surface area contributed by atoms with Gasteiger partial charge in [-0.25, -0.2) is 0 Å². The zero-order chi connectivity index (χ0) is 15.5. The van der Waals surface area contributed by atoms with Gasteiger partial charge in [-0.3, -0.25) is 0 Å². The van der Waals surface area contributed by atoms with Gasteiger partial charge in [0, 0.05) is 13.2 Å². The molecule has 0 aromatic carbocycles. The molecule has 0 aliphatic heterocycles. The molecular weight excluding hydrogens is 266 g/mol. The van der Waals surface area contributed by atoms with Crippen molar-refractivity contribution in [1.29, 1.82) is 0 Å². The van der Waals surface area contributed by atoms with Crippen LogP contribution >= 0.6 is 0 Å². The lowest BCUT2D eigenvalue weighted by Crippen LogP contribution is -2.35. The molecule has 4 atom stereocenters. The van der Waals surface area contributed by atoms with Crippen molar-refractivity contribution in [1.82, 2.24) is 15.5 Å². The number of ether oxygens (including phenoxy) is 1. The lowest BCUT2D eigenvalue weighted by molar-refractivity contribution is -0.0658. The van der Waals surface area contributed by atoms with Crippen LogP contribution in [-0.4, -0.2) is 29.8 Å². The first-order valence-electron chi connectivity index (χ1n) is 8.15. The molecule has 1 N–H and O–H groups in total. The first kappa shape index (κ1) is 16.4. The minimum atomic E-state index is -0.361. The summed E-state index contributed by atoms with van der Waals surface area (Å²) >= 11 is 0. The van der Waals surface area contributed by atoms with Gasteiger partial charge in [-0.05, 0) is 38.6 Å². The third-order valence-corrected chi connectivity index (χ3v) is 4.86. The largest absolute Gasteiger partial charge is 0.370 e. The molecule has 1 heterocycles. The molecule has 1 aliphatic carbocycles. The molecule has 1 aliphatic rings. The van der Waals surface area contributed by atoms with Crippen LogP contribution in [-0.2, 0) is 10.3 Å². The van der Waals surface area contributed by atoms with Crippen LogP contribution in [0.3, 0.4) is 0 Å². The second-order valence-corrected chi connectivity index (χ2v) is 6.49. The number of nitrogens with zero attached hydrogens (tertiary/aromatic N) is 2. The molecule has 0 saturated heterocycles. The molecule has 2 rings (SSSR count). The molecule has 0 bridgehead atoms. The van der Waals surface area contributed by atoms with E-state index in [4.69, 9.17) is 9.26 Å². The lowest BCUT2D eigenvalue weighted by atomic mass is 9.78. The zero-order valence-electron chi connectivity index (χ0n) is 14.0. The van der Waals surface area contributed by atoms with E-state index < -0.39 is 0 Å². The van der Waals surface area contributed by atoms with Gasteiger partial charge in [-0.2, -0.15) is 4.98 Å². The maximum atomic E-state index is 5.84. The number of hydrogen-bond acceptors (Lipinski definition) is 5. The van der Waals surface area contributed by atoms with Crippen molar-refractivity contribution >= 4 is 0 Å². The molecule has 1 aromatic heterocycles. The Morgan fingerprint density at radius 2 is 2.24 bits per heavy atom. The number of aromatic nitrogens is 2. The smallest absolute Gasteiger partial charge is 0.231 e. The van der Waals surface area contributed by atoms with E-state index in [2.05, 4.69) is 43.2 Å². The number of hydrogen-bond donors (Lipinski definition) is 1. The fraction of sp³-hybridized carbons (Fsp3) is 0.875. The summed E-state index contributed by atoms with van der Waals surface area (Å²) in [5.41, 5.74) is -0.361. The first-order chi connectivity index (χ1) is 10.0. The molecule has 0 amide bonds. The predicted molar refractivity (Wildman–Crippen MR) is 82.2 cm³/mol. The van der Waals surface area contributed by atoms with E-state index >= 15 is 0 Å². The highest BCUT2D eigenvalue weighted by Crippen LogP contribution is 2.41. The Bertz CT molecular complexity index is 448. The molecule has 1 saturated carbocycles. The van der Waals surface area contributed by atoms with Gasteiger partial charge in [0.15, 0.2) is 0 Å². The average molecular weight is 295 g/mol. The Hall–Kier alpha value is -0.940. The predicted octanol–water partition coefficient (Wildman–Crippen LogP) is 3.22. The van der Waals surface area contributed by atoms with Crippen LogP contribution < -0.4 is 5.32 Å². The van der Waals surface area contributed by atoms with Crippen molar-refractivity contribution in [3.05, 3.63) is 11.7 Å². The summed E-state index contributed by atoms with van der Waals surface area (Å²) in [6.45, 7) is 9.57. The number of rotatable bonds is 6. The molecule has 120 valence electrons. The van der Waals surface area contributed by atoms with Crippen molar-refractivity contribution in [3.63, 3.8) is 0 Å². The number of likely N-dealkylation sites (N-methyl/N-ethyl adjacent to an activating group) is 1. The Morgan fingerprint density at radius 1 is 1.48 bits per heavy atom. The van der Waals surface area contributed by atoms with Crippen molar-refractivity contribution in [2.75, 3.05) is 13.7 Å². The maximum absolute atomic E-state index is 5.84. The molecule has 5 nitrogen and oxygen atoms in total. The lowest BCUT2D eigenvalue weighted by Gasteiger charge is -2.36. The van der Waals surface area contributed by atoms with Crippen molar-refractivity contribution < 1.29 is 9.26 Å². The Morgan fingerprint density at radius 3 is 2.86 bits per heavy atom. The summed E-state index contributed by atoms with van der Waals surface area (Å²) in [4.78, 5) is 4.67. The minimum Gasteiger partial charge on any atom is -0.370 e. The van der Waals surface area contributed by atoms with Gasteiger partial charge in [-0.1, -0.05) is 32.3 Å². The third-order valence-electron chi connectivity index (χ3n) is 4.86. The highest BCUT2D eigenvalue weighted by Gasteiger charge is 2.41. The topological polar surface area (TPSA) is 60.2 Å². The molecular formula is C16H29N3O2. The van der Waals surface area contributed by atoms with E-state index in [1.54, 1.807) is 7.11 Å². The summed E-state index contributed by atoms with van der Waals surface area (Å²) < 4.78 is 11.4. The van der Waals surface area contributed by atoms with Crippen LogP contribution in [0.2, 0.25) is 0 Å². The molecule has 5 heteroatoms. The highest BCUT2D eigenvalue weighted by atomic mass is 16.5. The summed E-state index contributed by atoms with van der Waals surface area (Å²) in [5, 5.41) is 7.65.